The Morgan fingerprint density at radius 2 is 1.97 bits per heavy atom. The number of aromatic nitrogens is 3. The van der Waals surface area contributed by atoms with Crippen LogP contribution >= 0.6 is 23.1 Å². The number of benzene rings is 1. The van der Waals surface area contributed by atoms with Gasteiger partial charge in [0.05, 0.1) is 16.0 Å². The van der Waals surface area contributed by atoms with Crippen LogP contribution in [0, 0.1) is 5.92 Å². The number of aryl methyl sites for hydroxylation is 1. The molecule has 1 amide bonds. The summed E-state index contributed by atoms with van der Waals surface area (Å²) in [4.78, 5) is 27.8. The maximum atomic E-state index is 12.4. The van der Waals surface area contributed by atoms with Gasteiger partial charge in [-0.3, -0.25) is 4.79 Å². The first kappa shape index (κ1) is 22.3. The molecule has 33 heavy (non-hydrogen) atoms. The first-order chi connectivity index (χ1) is 16.1. The summed E-state index contributed by atoms with van der Waals surface area (Å²) in [5, 5.41) is 5.11. The van der Waals surface area contributed by atoms with Gasteiger partial charge in [-0.1, -0.05) is 55.9 Å². The molecule has 1 aliphatic carbocycles. The number of carbonyl (C=O) groups is 1. The van der Waals surface area contributed by atoms with Crippen LogP contribution in [0.3, 0.4) is 0 Å². The van der Waals surface area contributed by atoms with E-state index in [-0.39, 0.29) is 5.91 Å². The zero-order valence-electron chi connectivity index (χ0n) is 19.1. The van der Waals surface area contributed by atoms with Gasteiger partial charge < -0.3 is 5.32 Å². The minimum absolute atomic E-state index is 0.0297. The predicted molar refractivity (Wildman–Crippen MR) is 137 cm³/mol. The molecule has 0 radical (unpaired) electrons. The molecule has 1 N–H and O–H groups in total. The van der Waals surface area contributed by atoms with Crippen molar-refractivity contribution in [3.8, 4) is 0 Å². The quantitative estimate of drug-likeness (QED) is 0.273. The Morgan fingerprint density at radius 3 is 2.79 bits per heavy atom. The zero-order chi connectivity index (χ0) is 22.8. The van der Waals surface area contributed by atoms with Crippen LogP contribution in [0.5, 0.6) is 0 Å². The summed E-state index contributed by atoms with van der Waals surface area (Å²) in [6.07, 6.45) is 6.89. The van der Waals surface area contributed by atoms with E-state index in [1.165, 1.54) is 46.0 Å². The molecule has 3 aromatic heterocycles. The van der Waals surface area contributed by atoms with Gasteiger partial charge in [-0.05, 0) is 54.7 Å². The lowest BCUT2D eigenvalue weighted by Crippen LogP contribution is -2.27. The van der Waals surface area contributed by atoms with Gasteiger partial charge in [0.1, 0.15) is 16.2 Å². The molecule has 0 saturated carbocycles. The highest BCUT2D eigenvalue weighted by Gasteiger charge is 2.24. The topological polar surface area (TPSA) is 67.8 Å². The number of hydrogen-bond donors (Lipinski definition) is 1. The fourth-order valence-corrected chi connectivity index (χ4v) is 6.67. The van der Waals surface area contributed by atoms with E-state index in [4.69, 9.17) is 4.98 Å². The number of fused-ring (bicyclic) bond motifs is 5. The monoisotopic (exact) mass is 476 g/mol. The number of carbonyl (C=O) groups excluding carboxylic acids is 1. The van der Waals surface area contributed by atoms with Gasteiger partial charge in [-0.15, -0.1) is 11.3 Å². The highest BCUT2D eigenvalue weighted by atomic mass is 32.2. The van der Waals surface area contributed by atoms with Crippen LogP contribution in [0.2, 0.25) is 0 Å². The van der Waals surface area contributed by atoms with Crippen molar-refractivity contribution < 1.29 is 4.79 Å². The molecule has 5 nitrogen and oxygen atoms in total. The molecule has 1 aromatic carbocycles. The Morgan fingerprint density at radius 1 is 1.15 bits per heavy atom. The molecular weight excluding hydrogens is 448 g/mol. The number of thioether (sulfide) groups is 1. The molecule has 4 aromatic rings. The van der Waals surface area contributed by atoms with Crippen molar-refractivity contribution in [3.63, 3.8) is 0 Å². The highest BCUT2D eigenvalue weighted by Crippen LogP contribution is 2.42. The molecule has 0 spiro atoms. The smallest absolute Gasteiger partial charge is 0.230 e. The highest BCUT2D eigenvalue weighted by molar-refractivity contribution is 8.00. The van der Waals surface area contributed by atoms with Crippen molar-refractivity contribution in [2.45, 2.75) is 51.0 Å². The van der Waals surface area contributed by atoms with Crippen molar-refractivity contribution in [1.29, 1.82) is 0 Å². The Hall–Kier alpha value is -2.51. The van der Waals surface area contributed by atoms with E-state index < -0.39 is 0 Å². The van der Waals surface area contributed by atoms with Gasteiger partial charge in [0, 0.05) is 17.6 Å². The maximum Gasteiger partial charge on any atom is 0.230 e. The Kier molecular flexibility index (Phi) is 6.60. The normalized spacial score (nSPS) is 13.2. The van der Waals surface area contributed by atoms with Gasteiger partial charge in [0.15, 0.2) is 0 Å². The van der Waals surface area contributed by atoms with E-state index >= 15 is 0 Å². The lowest BCUT2D eigenvalue weighted by molar-refractivity contribution is -0.118. The fourth-order valence-electron chi connectivity index (χ4n) is 4.59. The van der Waals surface area contributed by atoms with E-state index in [1.54, 1.807) is 17.7 Å². The minimum atomic E-state index is 0.0297. The molecule has 1 aliphatic rings. The van der Waals surface area contributed by atoms with Crippen molar-refractivity contribution in [1.82, 2.24) is 20.3 Å². The standard InChI is InChI=1S/C26H28N4OS2/c1-16(2)13-20-18-9-6-10-19(18)22-23-24(33-25(22)30-20)26(29-15-28-23)32-14-21(31)27-12-11-17-7-4-3-5-8-17/h3-5,7-8,15-16H,6,9-14H2,1-2H3,(H,27,31). The maximum absolute atomic E-state index is 12.4. The number of nitrogens with zero attached hydrogens (tertiary/aromatic N) is 3. The Balaban J connectivity index is 1.35. The summed E-state index contributed by atoms with van der Waals surface area (Å²) in [7, 11) is 0. The van der Waals surface area contributed by atoms with Crippen LogP contribution in [0.15, 0.2) is 41.7 Å². The number of amides is 1. The first-order valence-electron chi connectivity index (χ1n) is 11.6. The number of rotatable bonds is 8. The molecule has 0 aliphatic heterocycles. The summed E-state index contributed by atoms with van der Waals surface area (Å²) in [6, 6.07) is 10.2. The molecule has 5 rings (SSSR count). The van der Waals surface area contributed by atoms with Crippen molar-refractivity contribution in [2.24, 2.45) is 5.92 Å². The molecule has 170 valence electrons. The lowest BCUT2D eigenvalue weighted by Gasteiger charge is -2.11. The van der Waals surface area contributed by atoms with Crippen LogP contribution in [0.1, 0.15) is 42.7 Å². The van der Waals surface area contributed by atoms with Crippen LogP contribution in [-0.4, -0.2) is 33.2 Å². The van der Waals surface area contributed by atoms with E-state index in [1.807, 2.05) is 18.2 Å². The first-order valence-corrected chi connectivity index (χ1v) is 13.4. The number of pyridine rings is 1. The van der Waals surface area contributed by atoms with Crippen molar-refractivity contribution >= 4 is 49.4 Å². The summed E-state index contributed by atoms with van der Waals surface area (Å²) in [6.45, 7) is 5.15. The second kappa shape index (κ2) is 9.77. The molecule has 3 heterocycles. The zero-order valence-corrected chi connectivity index (χ0v) is 20.7. The predicted octanol–water partition coefficient (Wildman–Crippen LogP) is 5.38. The summed E-state index contributed by atoms with van der Waals surface area (Å²) >= 11 is 3.16. The van der Waals surface area contributed by atoms with E-state index in [0.717, 1.165) is 45.8 Å². The molecule has 0 atom stereocenters. The SMILES string of the molecule is CC(C)Cc1nc2sc3c(SCC(=O)NCCc4ccccc4)ncnc3c2c2c1CCC2. The summed E-state index contributed by atoms with van der Waals surface area (Å²) < 4.78 is 1.05. The molecule has 7 heteroatoms. The second-order valence-corrected chi connectivity index (χ2v) is 10.9. The third-order valence-corrected chi connectivity index (χ3v) is 8.24. The Labute approximate surface area is 202 Å². The molecule has 0 unspecified atom stereocenters. The van der Waals surface area contributed by atoms with Gasteiger partial charge in [0.2, 0.25) is 5.91 Å². The molecule has 0 fully saturated rings. The van der Waals surface area contributed by atoms with Crippen LogP contribution in [-0.2, 0) is 30.5 Å². The van der Waals surface area contributed by atoms with Crippen LogP contribution in [0.25, 0.3) is 20.4 Å². The third kappa shape index (κ3) is 4.75. The average Bonchev–Trinajstić information content (AvgIpc) is 3.43. The van der Waals surface area contributed by atoms with Crippen molar-refractivity contribution in [3.05, 3.63) is 59.0 Å². The largest absolute Gasteiger partial charge is 0.355 e. The van der Waals surface area contributed by atoms with Gasteiger partial charge in [-0.25, -0.2) is 15.0 Å². The second-order valence-electron chi connectivity index (χ2n) is 8.98. The third-order valence-electron chi connectivity index (χ3n) is 6.05. The van der Waals surface area contributed by atoms with Gasteiger partial charge in [0.25, 0.3) is 0 Å². The van der Waals surface area contributed by atoms with E-state index in [2.05, 4.69) is 41.3 Å². The number of thiophene rings is 1. The molecular formula is C26H28N4OS2. The lowest BCUT2D eigenvalue weighted by atomic mass is 9.99. The number of hydrogen-bond acceptors (Lipinski definition) is 6. The number of nitrogens with one attached hydrogen (secondary N) is 1. The van der Waals surface area contributed by atoms with Crippen molar-refractivity contribution in [2.75, 3.05) is 12.3 Å². The molecule has 0 saturated heterocycles. The van der Waals surface area contributed by atoms with E-state index in [9.17, 15) is 4.79 Å². The van der Waals surface area contributed by atoms with Gasteiger partial charge >= 0.3 is 0 Å². The summed E-state index contributed by atoms with van der Waals surface area (Å²) in [5.41, 5.74) is 6.37. The Bertz CT molecular complexity index is 1300. The minimum Gasteiger partial charge on any atom is -0.355 e. The average molecular weight is 477 g/mol. The summed E-state index contributed by atoms with van der Waals surface area (Å²) in [5.74, 6) is 0.960. The fraction of sp³-hybridized carbons (Fsp3) is 0.385. The van der Waals surface area contributed by atoms with Gasteiger partial charge in [-0.2, -0.15) is 0 Å². The van der Waals surface area contributed by atoms with Crippen LogP contribution < -0.4 is 5.32 Å². The molecule has 0 bridgehead atoms. The van der Waals surface area contributed by atoms with E-state index in [0.29, 0.717) is 18.2 Å². The van der Waals surface area contributed by atoms with Crippen LogP contribution in [0.4, 0.5) is 0 Å².